The number of anilines is 1. The van der Waals surface area contributed by atoms with Crippen LogP contribution in [0.25, 0.3) is 0 Å². The van der Waals surface area contributed by atoms with Gasteiger partial charge in [0.05, 0.1) is 0 Å². The third-order valence-corrected chi connectivity index (χ3v) is 3.37. The molecule has 0 aromatic carbocycles. The summed E-state index contributed by atoms with van der Waals surface area (Å²) in [4.78, 5) is 23.1. The smallest absolute Gasteiger partial charge is 0.270 e. The lowest BCUT2D eigenvalue weighted by Gasteiger charge is -2.20. The Hall–Kier alpha value is -1.91. The van der Waals surface area contributed by atoms with Gasteiger partial charge in [-0.25, -0.2) is 9.97 Å². The van der Waals surface area contributed by atoms with Crippen molar-refractivity contribution in [3.05, 3.63) is 30.1 Å². The zero-order chi connectivity index (χ0) is 14.4. The lowest BCUT2D eigenvalue weighted by Crippen LogP contribution is -2.29. The molecule has 1 aromatic heterocycles. The summed E-state index contributed by atoms with van der Waals surface area (Å²) < 4.78 is 0. The predicted molar refractivity (Wildman–Crippen MR) is 80.0 cm³/mol. The summed E-state index contributed by atoms with van der Waals surface area (Å²) in [5, 5.41) is 2.75. The Morgan fingerprint density at radius 3 is 2.70 bits per heavy atom. The minimum atomic E-state index is -0.175. The first kappa shape index (κ1) is 14.5. The van der Waals surface area contributed by atoms with Gasteiger partial charge in [0, 0.05) is 25.3 Å². The number of nitrogens with one attached hydrogen (secondary N) is 1. The van der Waals surface area contributed by atoms with Crippen LogP contribution >= 0.6 is 0 Å². The summed E-state index contributed by atoms with van der Waals surface area (Å²) in [7, 11) is 0. The molecule has 1 aliphatic rings. The van der Waals surface area contributed by atoms with E-state index >= 15 is 0 Å². The fourth-order valence-corrected chi connectivity index (χ4v) is 2.34. The zero-order valence-corrected chi connectivity index (χ0v) is 12.1. The van der Waals surface area contributed by atoms with E-state index in [2.05, 4.69) is 26.8 Å². The van der Waals surface area contributed by atoms with E-state index in [1.54, 1.807) is 12.1 Å². The van der Waals surface area contributed by atoms with Crippen LogP contribution in [-0.4, -0.2) is 35.5 Å². The Kier molecular flexibility index (Phi) is 5.09. The molecule has 0 radical (unpaired) electrons. The lowest BCUT2D eigenvalue weighted by molar-refractivity contribution is 0.0953. The Bertz CT molecular complexity index is 479. The number of aromatic nitrogens is 2. The molecule has 0 spiro atoms. The van der Waals surface area contributed by atoms with Crippen molar-refractivity contribution in [1.29, 1.82) is 0 Å². The molecule has 5 nitrogen and oxygen atoms in total. The van der Waals surface area contributed by atoms with E-state index in [-0.39, 0.29) is 5.91 Å². The van der Waals surface area contributed by atoms with Crippen LogP contribution in [0.1, 0.15) is 41.9 Å². The number of carbonyl (C=O) groups excluding carboxylic acids is 1. The average Bonchev–Trinajstić information content (AvgIpc) is 2.73. The molecule has 108 valence electrons. The fraction of sp³-hybridized carbons (Fsp3) is 0.533. The van der Waals surface area contributed by atoms with E-state index in [0.717, 1.165) is 31.6 Å². The molecule has 0 aliphatic carbocycles. The van der Waals surface area contributed by atoms with E-state index in [4.69, 9.17) is 0 Å². The first-order valence-corrected chi connectivity index (χ1v) is 7.20. The van der Waals surface area contributed by atoms with Gasteiger partial charge in [-0.15, -0.1) is 6.58 Å². The van der Waals surface area contributed by atoms with E-state index in [9.17, 15) is 4.79 Å². The summed E-state index contributed by atoms with van der Waals surface area (Å²) in [6, 6.07) is 1.72. The van der Waals surface area contributed by atoms with E-state index in [1.165, 1.54) is 12.8 Å². The average molecular weight is 274 g/mol. The van der Waals surface area contributed by atoms with Gasteiger partial charge in [0.2, 0.25) is 5.95 Å². The third kappa shape index (κ3) is 3.79. The topological polar surface area (TPSA) is 58.1 Å². The van der Waals surface area contributed by atoms with Crippen molar-refractivity contribution in [2.75, 3.05) is 24.5 Å². The van der Waals surface area contributed by atoms with Crippen molar-refractivity contribution in [3.63, 3.8) is 0 Å². The second-order valence-corrected chi connectivity index (χ2v) is 5.09. The molecular weight excluding hydrogens is 252 g/mol. The van der Waals surface area contributed by atoms with Crippen LogP contribution in [0.5, 0.6) is 0 Å². The minimum Gasteiger partial charge on any atom is -0.347 e. The number of aryl methyl sites for hydroxylation is 1. The maximum atomic E-state index is 12.0. The zero-order valence-electron chi connectivity index (χ0n) is 12.1. The van der Waals surface area contributed by atoms with E-state index in [0.29, 0.717) is 18.2 Å². The molecule has 2 rings (SSSR count). The van der Waals surface area contributed by atoms with Crippen molar-refractivity contribution >= 4 is 11.9 Å². The molecule has 1 N–H and O–H groups in total. The third-order valence-electron chi connectivity index (χ3n) is 3.37. The highest BCUT2D eigenvalue weighted by Crippen LogP contribution is 2.16. The van der Waals surface area contributed by atoms with Crippen LogP contribution in [0.2, 0.25) is 0 Å². The second-order valence-electron chi connectivity index (χ2n) is 5.09. The normalized spacial score (nSPS) is 15.6. The van der Waals surface area contributed by atoms with Gasteiger partial charge in [0.25, 0.3) is 5.91 Å². The van der Waals surface area contributed by atoms with Gasteiger partial charge in [-0.3, -0.25) is 4.79 Å². The summed E-state index contributed by atoms with van der Waals surface area (Å²) in [6.07, 6.45) is 6.50. The Morgan fingerprint density at radius 2 is 2.05 bits per heavy atom. The van der Waals surface area contributed by atoms with Gasteiger partial charge in [-0.1, -0.05) is 18.9 Å². The van der Waals surface area contributed by atoms with E-state index < -0.39 is 0 Å². The fourth-order valence-electron chi connectivity index (χ4n) is 2.34. The molecule has 1 fully saturated rings. The largest absolute Gasteiger partial charge is 0.347 e. The minimum absolute atomic E-state index is 0.175. The van der Waals surface area contributed by atoms with Gasteiger partial charge >= 0.3 is 0 Å². The standard InChI is InChI=1S/C15H22N4O/c1-3-8-16-14(20)13-11-12(2)17-15(18-13)19-9-6-4-5-7-10-19/h3,11H,1,4-10H2,2H3,(H,16,20). The van der Waals surface area contributed by atoms with Crippen LogP contribution < -0.4 is 10.2 Å². The SMILES string of the molecule is C=CCNC(=O)c1cc(C)nc(N2CCCCCC2)n1. The first-order valence-electron chi connectivity index (χ1n) is 7.20. The van der Waals surface area contributed by atoms with Crippen LogP contribution in [0, 0.1) is 6.92 Å². The molecule has 20 heavy (non-hydrogen) atoms. The molecule has 1 aromatic rings. The maximum Gasteiger partial charge on any atom is 0.270 e. The summed E-state index contributed by atoms with van der Waals surface area (Å²) >= 11 is 0. The number of carbonyl (C=O) groups is 1. The number of hydrogen-bond acceptors (Lipinski definition) is 4. The highest BCUT2D eigenvalue weighted by Gasteiger charge is 2.16. The quantitative estimate of drug-likeness (QED) is 0.854. The highest BCUT2D eigenvalue weighted by molar-refractivity contribution is 5.92. The van der Waals surface area contributed by atoms with Crippen LogP contribution in [0.3, 0.4) is 0 Å². The van der Waals surface area contributed by atoms with Gasteiger partial charge < -0.3 is 10.2 Å². The van der Waals surface area contributed by atoms with Crippen molar-refractivity contribution in [3.8, 4) is 0 Å². The van der Waals surface area contributed by atoms with Crippen molar-refractivity contribution in [2.24, 2.45) is 0 Å². The molecular formula is C15H22N4O. The van der Waals surface area contributed by atoms with Crippen LogP contribution in [-0.2, 0) is 0 Å². The lowest BCUT2D eigenvalue weighted by atomic mass is 10.2. The first-order chi connectivity index (χ1) is 9.70. The van der Waals surface area contributed by atoms with Gasteiger partial charge in [-0.2, -0.15) is 0 Å². The Labute approximate surface area is 120 Å². The summed E-state index contributed by atoms with van der Waals surface area (Å²) in [5.74, 6) is 0.502. The number of amides is 1. The van der Waals surface area contributed by atoms with Crippen molar-refractivity contribution < 1.29 is 4.79 Å². The van der Waals surface area contributed by atoms with Gasteiger partial charge in [0.1, 0.15) is 5.69 Å². The molecule has 1 saturated heterocycles. The second kappa shape index (κ2) is 7.03. The van der Waals surface area contributed by atoms with E-state index in [1.807, 2.05) is 6.92 Å². The summed E-state index contributed by atoms with van der Waals surface area (Å²) in [5.41, 5.74) is 1.25. The highest BCUT2D eigenvalue weighted by atomic mass is 16.1. The molecule has 0 saturated carbocycles. The van der Waals surface area contributed by atoms with Gasteiger partial charge in [0.15, 0.2) is 0 Å². The molecule has 0 atom stereocenters. The van der Waals surface area contributed by atoms with Crippen LogP contribution in [0.15, 0.2) is 18.7 Å². The predicted octanol–water partition coefficient (Wildman–Crippen LogP) is 2.08. The molecule has 0 bridgehead atoms. The molecule has 1 amide bonds. The maximum absolute atomic E-state index is 12.0. The molecule has 5 heteroatoms. The van der Waals surface area contributed by atoms with Gasteiger partial charge in [-0.05, 0) is 25.8 Å². The number of hydrogen-bond donors (Lipinski definition) is 1. The van der Waals surface area contributed by atoms with Crippen molar-refractivity contribution in [2.45, 2.75) is 32.6 Å². The molecule has 2 heterocycles. The number of rotatable bonds is 4. The summed E-state index contributed by atoms with van der Waals surface area (Å²) in [6.45, 7) is 7.87. The Morgan fingerprint density at radius 1 is 1.35 bits per heavy atom. The Balaban J connectivity index is 2.18. The van der Waals surface area contributed by atoms with Crippen molar-refractivity contribution in [1.82, 2.24) is 15.3 Å². The molecule has 1 aliphatic heterocycles. The molecule has 0 unspecified atom stereocenters. The van der Waals surface area contributed by atoms with Crippen LogP contribution in [0.4, 0.5) is 5.95 Å². The monoisotopic (exact) mass is 274 g/mol. The number of nitrogens with zero attached hydrogens (tertiary/aromatic N) is 3.